The van der Waals surface area contributed by atoms with Crippen molar-refractivity contribution in [2.24, 2.45) is 0 Å². The molecular formula is C112H70N8. The van der Waals surface area contributed by atoms with E-state index in [1.54, 1.807) is 0 Å². The third-order valence-electron chi connectivity index (χ3n) is 24.3. The summed E-state index contributed by atoms with van der Waals surface area (Å²) in [5, 5.41) is 13.7. The second kappa shape index (κ2) is 27.8. The van der Waals surface area contributed by atoms with Crippen LogP contribution in [0.3, 0.4) is 0 Å². The van der Waals surface area contributed by atoms with E-state index < -0.39 is 0 Å². The van der Waals surface area contributed by atoms with Crippen molar-refractivity contribution in [1.82, 2.24) is 38.2 Å². The molecule has 558 valence electrons. The smallest absolute Gasteiger partial charge is 0.161 e. The fraction of sp³-hybridized carbons (Fsp3) is 0. The molecule has 0 radical (unpaired) electrons. The molecule has 6 heterocycles. The molecule has 6 aromatic heterocycles. The van der Waals surface area contributed by atoms with Gasteiger partial charge >= 0.3 is 0 Å². The first kappa shape index (κ1) is 68.3. The molecule has 0 fully saturated rings. The van der Waals surface area contributed by atoms with Crippen LogP contribution in [0.1, 0.15) is 0 Å². The molecule has 18 aromatic carbocycles. The van der Waals surface area contributed by atoms with Gasteiger partial charge in [-0.15, -0.1) is 0 Å². The molecule has 0 spiro atoms. The largest absolute Gasteiger partial charge is 0.309 e. The van der Waals surface area contributed by atoms with Crippen LogP contribution in [0.2, 0.25) is 0 Å². The highest BCUT2D eigenvalue weighted by Gasteiger charge is 2.26. The number of fused-ring (bicyclic) bond motifs is 14. The van der Waals surface area contributed by atoms with E-state index in [1.807, 2.05) is 6.07 Å². The fourth-order valence-electron chi connectivity index (χ4n) is 18.7. The average Bonchev–Trinajstić information content (AvgIpc) is 1.58. The van der Waals surface area contributed by atoms with Gasteiger partial charge in [0.1, 0.15) is 0 Å². The Balaban J connectivity index is 0.740. The van der Waals surface area contributed by atoms with E-state index in [-0.39, 0.29) is 0 Å². The van der Waals surface area contributed by atoms with Crippen molar-refractivity contribution < 1.29 is 0 Å². The highest BCUT2D eigenvalue weighted by Crippen LogP contribution is 2.48. The lowest BCUT2D eigenvalue weighted by molar-refractivity contribution is 1.17. The summed E-state index contributed by atoms with van der Waals surface area (Å²) in [4.78, 5) is 22.2. The minimum absolute atomic E-state index is 0.617. The summed E-state index contributed by atoms with van der Waals surface area (Å²) in [6.45, 7) is 0. The Morgan fingerprint density at radius 1 is 0.150 bits per heavy atom. The molecule has 0 amide bonds. The molecule has 0 aliphatic carbocycles. The van der Waals surface area contributed by atoms with Gasteiger partial charge in [0.05, 0.1) is 66.9 Å². The van der Waals surface area contributed by atoms with Crippen LogP contribution in [0.25, 0.3) is 233 Å². The Kier molecular flexibility index (Phi) is 15.8. The van der Waals surface area contributed by atoms with Crippen molar-refractivity contribution >= 4 is 109 Å². The van der Waals surface area contributed by atoms with E-state index in [2.05, 4.69) is 437 Å². The first-order valence-electron chi connectivity index (χ1n) is 40.9. The van der Waals surface area contributed by atoms with Gasteiger partial charge in [0.25, 0.3) is 0 Å². The number of hydrogen-bond acceptors (Lipinski definition) is 4. The highest BCUT2D eigenvalue weighted by molar-refractivity contribution is 6.24. The van der Waals surface area contributed by atoms with E-state index in [0.717, 1.165) is 178 Å². The molecule has 0 unspecified atom stereocenters. The number of rotatable bonds is 13. The standard InChI is InChI=1S/C112H70N8/c1-7-26-71(27-8-1)73-46-51-77(52-47-73)99-68-101(114-111(113-99)79-32-13-4-14-33-79)81-55-50-75-56-58-86(62-82(75)61-81)120-105-45-25-41-88(110(105)97-66-95-91-40-20-23-43-103(91)118(107(95)70-109(97)120)85-36-17-6-18-37-85)83-60-80-57-59-87(119-104-44-24-21-39-90(104)94-65-93-89-38-19-22-42-102(89)117(106(93)69-108(94)119)84-34-15-5-16-35-84)64-92(80)96(63-83)112-115-98(76-30-11-3-12-31-76)67-100(116-112)78-53-48-74(49-54-78)72-28-9-2-10-29-72/h1-70H. The van der Waals surface area contributed by atoms with Gasteiger partial charge in [-0.2, -0.15) is 0 Å². The first-order chi connectivity index (χ1) is 59.5. The van der Waals surface area contributed by atoms with Crippen molar-refractivity contribution in [3.05, 3.63) is 425 Å². The zero-order chi connectivity index (χ0) is 78.9. The Labute approximate surface area is 691 Å². The number of nitrogens with zero attached hydrogens (tertiary/aromatic N) is 8. The Morgan fingerprint density at radius 2 is 0.508 bits per heavy atom. The maximum Gasteiger partial charge on any atom is 0.161 e. The van der Waals surface area contributed by atoms with E-state index in [9.17, 15) is 0 Å². The molecule has 0 saturated carbocycles. The van der Waals surface area contributed by atoms with Crippen molar-refractivity contribution in [1.29, 1.82) is 0 Å². The highest BCUT2D eigenvalue weighted by atomic mass is 15.0. The summed E-state index contributed by atoms with van der Waals surface area (Å²) in [5.74, 6) is 1.28. The van der Waals surface area contributed by atoms with Gasteiger partial charge in [-0.25, -0.2) is 19.9 Å². The van der Waals surface area contributed by atoms with Crippen molar-refractivity contribution in [2.75, 3.05) is 0 Å². The van der Waals surface area contributed by atoms with Gasteiger partial charge in [0.2, 0.25) is 0 Å². The van der Waals surface area contributed by atoms with E-state index >= 15 is 0 Å². The predicted octanol–water partition coefficient (Wildman–Crippen LogP) is 29.0. The maximum absolute atomic E-state index is 5.78. The summed E-state index contributed by atoms with van der Waals surface area (Å²) in [6, 6.07) is 154. The molecular weight excluding hydrogens is 1460 g/mol. The Hall–Kier alpha value is -16.2. The number of para-hydroxylation sites is 5. The van der Waals surface area contributed by atoms with E-state index in [0.29, 0.717) is 11.6 Å². The van der Waals surface area contributed by atoms with Crippen molar-refractivity contribution in [2.45, 2.75) is 0 Å². The molecule has 8 nitrogen and oxygen atoms in total. The third-order valence-corrected chi connectivity index (χ3v) is 24.3. The second-order valence-electron chi connectivity index (χ2n) is 31.3. The first-order valence-corrected chi connectivity index (χ1v) is 40.9. The van der Waals surface area contributed by atoms with Crippen LogP contribution < -0.4 is 0 Å². The van der Waals surface area contributed by atoms with E-state index in [4.69, 9.17) is 19.9 Å². The minimum atomic E-state index is 0.617. The quantitative estimate of drug-likeness (QED) is 0.115. The summed E-state index contributed by atoms with van der Waals surface area (Å²) < 4.78 is 9.81. The zero-order valence-electron chi connectivity index (χ0n) is 65.0. The van der Waals surface area contributed by atoms with Gasteiger partial charge < -0.3 is 18.3 Å². The second-order valence-corrected chi connectivity index (χ2v) is 31.3. The fourth-order valence-corrected chi connectivity index (χ4v) is 18.7. The SMILES string of the molecule is c1ccc(-c2ccc(-c3cc(-c4ccc5ccc(-n6c7cc8c(cc7c7c(-c9cc(-c%10nc(-c%11ccccc%11)cc(-c%11ccc(-c%12ccccc%12)cc%11)n%10)c%10cc(-n%11c%12ccccc%12c%12cc%13c%14ccccc%14n(-c%14ccccc%14)c%13cc%12%11)ccc%10c9)cccc76)c6ccccc6n8-c6ccccc6)cc5c4)nc(-c4ccccc4)n3)cc2)cc1. The van der Waals surface area contributed by atoms with Crippen molar-refractivity contribution in [3.8, 4) is 124 Å². The molecule has 8 heteroatoms. The van der Waals surface area contributed by atoms with Gasteiger partial charge in [-0.1, -0.05) is 297 Å². The summed E-state index contributed by atoms with van der Waals surface area (Å²) in [6.07, 6.45) is 0. The van der Waals surface area contributed by atoms with Crippen LogP contribution in [0.15, 0.2) is 425 Å². The maximum atomic E-state index is 5.78. The lowest BCUT2D eigenvalue weighted by atomic mass is 9.93. The zero-order valence-corrected chi connectivity index (χ0v) is 65.0. The van der Waals surface area contributed by atoms with Gasteiger partial charge in [0, 0.05) is 99.2 Å². The Bertz CT molecular complexity index is 8220. The van der Waals surface area contributed by atoms with Crippen molar-refractivity contribution in [3.63, 3.8) is 0 Å². The lowest BCUT2D eigenvalue weighted by Gasteiger charge is -2.16. The van der Waals surface area contributed by atoms with Gasteiger partial charge in [-0.3, -0.25) is 0 Å². The number of benzene rings is 18. The molecule has 0 aliphatic heterocycles. The van der Waals surface area contributed by atoms with E-state index in [1.165, 1.54) is 43.4 Å². The minimum Gasteiger partial charge on any atom is -0.309 e. The lowest BCUT2D eigenvalue weighted by Crippen LogP contribution is -1.99. The van der Waals surface area contributed by atoms with Crippen LogP contribution in [0.5, 0.6) is 0 Å². The number of aromatic nitrogens is 8. The molecule has 0 aliphatic rings. The molecule has 24 aromatic rings. The average molecular weight is 1530 g/mol. The van der Waals surface area contributed by atoms with Gasteiger partial charge in [-0.05, 0) is 182 Å². The molecule has 0 bridgehead atoms. The monoisotopic (exact) mass is 1530 g/mol. The molecule has 24 rings (SSSR count). The molecule has 0 N–H and O–H groups in total. The summed E-state index contributed by atoms with van der Waals surface area (Å²) >= 11 is 0. The van der Waals surface area contributed by atoms with Gasteiger partial charge in [0.15, 0.2) is 11.6 Å². The summed E-state index contributed by atoms with van der Waals surface area (Å²) in [7, 11) is 0. The summed E-state index contributed by atoms with van der Waals surface area (Å²) in [5.41, 5.74) is 29.1. The topological polar surface area (TPSA) is 71.3 Å². The third kappa shape index (κ3) is 11.4. The molecule has 0 saturated heterocycles. The predicted molar refractivity (Wildman–Crippen MR) is 499 cm³/mol. The normalized spacial score (nSPS) is 11.8. The molecule has 120 heavy (non-hydrogen) atoms. The van der Waals surface area contributed by atoms with Crippen LogP contribution >= 0.6 is 0 Å². The van der Waals surface area contributed by atoms with Crippen LogP contribution in [0.4, 0.5) is 0 Å². The molecule has 0 atom stereocenters. The van der Waals surface area contributed by atoms with Crippen LogP contribution in [-0.4, -0.2) is 38.2 Å². The number of hydrogen-bond donors (Lipinski definition) is 0. The van der Waals surface area contributed by atoms with Crippen LogP contribution in [0, 0.1) is 0 Å². The Morgan fingerprint density at radius 3 is 1.03 bits per heavy atom. The van der Waals surface area contributed by atoms with Crippen LogP contribution in [-0.2, 0) is 0 Å².